The zero-order chi connectivity index (χ0) is 31.0. The molecule has 3 aliphatic carbocycles. The molecule has 2 heterocycles. The molecule has 5 unspecified atom stereocenters. The fourth-order valence-electron chi connectivity index (χ4n) is 9.50. The molecule has 9 nitrogen and oxygen atoms in total. The van der Waals surface area contributed by atoms with Gasteiger partial charge in [-0.2, -0.15) is 0 Å². The van der Waals surface area contributed by atoms with Gasteiger partial charge in [0, 0.05) is 37.0 Å². The van der Waals surface area contributed by atoms with E-state index in [0.29, 0.717) is 38.9 Å². The second kappa shape index (κ2) is 10.4. The number of nitrogens with two attached hydrogens (primary N) is 1. The van der Waals surface area contributed by atoms with Crippen molar-refractivity contribution in [1.29, 1.82) is 0 Å². The van der Waals surface area contributed by atoms with Gasteiger partial charge in [-0.1, -0.05) is 64.1 Å². The highest BCUT2D eigenvalue weighted by Gasteiger charge is 2.72. The van der Waals surface area contributed by atoms with E-state index in [4.69, 9.17) is 5.73 Å². The van der Waals surface area contributed by atoms with Crippen LogP contribution < -0.4 is 11.1 Å². The number of nitrogens with one attached hydrogen (secondary N) is 1. The number of hydrogen-bond acceptors (Lipinski definition) is 6. The molecule has 5 atom stereocenters. The topological polar surface area (TPSA) is 133 Å². The molecule has 5 aliphatic rings. The maximum absolute atomic E-state index is 14.2. The quantitative estimate of drug-likeness (QED) is 0.414. The Bertz CT molecular complexity index is 1430. The summed E-state index contributed by atoms with van der Waals surface area (Å²) < 4.78 is 30.0. The van der Waals surface area contributed by atoms with Crippen LogP contribution >= 0.6 is 0 Å². The van der Waals surface area contributed by atoms with Gasteiger partial charge in [0.15, 0.2) is 0 Å². The van der Waals surface area contributed by atoms with Crippen LogP contribution in [0.3, 0.4) is 0 Å². The maximum Gasteiger partial charge on any atom is 0.243 e. The molecule has 6 rings (SSSR count). The highest BCUT2D eigenvalue weighted by atomic mass is 32.2. The van der Waals surface area contributed by atoms with Gasteiger partial charge in [0.2, 0.25) is 21.8 Å². The van der Waals surface area contributed by atoms with Crippen molar-refractivity contribution in [1.82, 2.24) is 14.5 Å². The number of hydrogen-bond donors (Lipinski definition) is 3. The van der Waals surface area contributed by atoms with Gasteiger partial charge in [-0.25, -0.2) is 12.7 Å². The molecule has 2 saturated carbocycles. The van der Waals surface area contributed by atoms with Gasteiger partial charge in [-0.15, -0.1) is 0 Å². The molecule has 236 valence electrons. The van der Waals surface area contributed by atoms with Crippen molar-refractivity contribution in [2.24, 2.45) is 28.4 Å². The highest BCUT2D eigenvalue weighted by Crippen LogP contribution is 2.70. The average Bonchev–Trinajstić information content (AvgIpc) is 3.60. The number of amides is 2. The van der Waals surface area contributed by atoms with Gasteiger partial charge in [0.05, 0.1) is 17.4 Å². The van der Waals surface area contributed by atoms with E-state index in [9.17, 15) is 23.1 Å². The number of likely N-dealkylation sites (tertiary alicyclic amines) is 1. The van der Waals surface area contributed by atoms with Crippen LogP contribution in [0.4, 0.5) is 0 Å². The van der Waals surface area contributed by atoms with Crippen LogP contribution in [0.2, 0.25) is 0 Å². The van der Waals surface area contributed by atoms with Gasteiger partial charge >= 0.3 is 0 Å². The number of nitrogens with zero attached hydrogens (tertiary/aromatic N) is 2. The minimum absolute atomic E-state index is 0.0384. The van der Waals surface area contributed by atoms with E-state index in [1.54, 1.807) is 9.21 Å². The number of allylic oxidation sites excluding steroid dienone is 1. The zero-order valence-electron chi connectivity index (χ0n) is 26.0. The molecule has 4 N–H and O–H groups in total. The first kappa shape index (κ1) is 30.7. The lowest BCUT2D eigenvalue weighted by Crippen LogP contribution is -2.61. The van der Waals surface area contributed by atoms with Crippen molar-refractivity contribution >= 4 is 27.9 Å². The van der Waals surface area contributed by atoms with E-state index in [2.05, 4.69) is 49.5 Å². The average molecular weight is 613 g/mol. The third-order valence-corrected chi connectivity index (χ3v) is 14.2. The molecule has 2 saturated heterocycles. The second-order valence-electron chi connectivity index (χ2n) is 14.8. The second-order valence-corrected chi connectivity index (χ2v) is 16.8. The van der Waals surface area contributed by atoms with Crippen LogP contribution in [-0.2, 0) is 25.0 Å². The number of aliphatic hydroxyl groups is 1. The van der Waals surface area contributed by atoms with E-state index in [-0.39, 0.29) is 41.4 Å². The van der Waals surface area contributed by atoms with Crippen molar-refractivity contribution in [3.05, 3.63) is 41.5 Å². The van der Waals surface area contributed by atoms with Crippen molar-refractivity contribution in [2.75, 3.05) is 31.9 Å². The minimum atomic E-state index is -3.70. The minimum Gasteiger partial charge on any atom is -0.387 e. The number of rotatable bonds is 8. The van der Waals surface area contributed by atoms with Gasteiger partial charge < -0.3 is 21.1 Å². The summed E-state index contributed by atoms with van der Waals surface area (Å²) in [6, 6.07) is 7.07. The third kappa shape index (κ3) is 4.61. The Morgan fingerprint density at radius 3 is 2.44 bits per heavy atom. The normalized spacial score (nSPS) is 33.5. The largest absolute Gasteiger partial charge is 0.387 e. The number of sulfonamides is 1. The van der Waals surface area contributed by atoms with Crippen LogP contribution in [0.5, 0.6) is 0 Å². The highest BCUT2D eigenvalue weighted by molar-refractivity contribution is 7.89. The monoisotopic (exact) mass is 612 g/mol. The Labute approximate surface area is 256 Å². The summed E-state index contributed by atoms with van der Waals surface area (Å²) in [6.45, 7) is 9.25. The van der Waals surface area contributed by atoms with Crippen LogP contribution in [-0.4, -0.2) is 84.2 Å². The first-order valence-corrected chi connectivity index (χ1v) is 17.6. The molecule has 2 aliphatic heterocycles. The Morgan fingerprint density at radius 2 is 1.81 bits per heavy atom. The summed E-state index contributed by atoms with van der Waals surface area (Å²) in [4.78, 5) is 27.8. The molecular formula is C33H48N4O5S. The number of fused-ring (bicyclic) bond motifs is 4. The lowest BCUT2D eigenvalue weighted by molar-refractivity contribution is -0.141. The molecule has 0 aromatic heterocycles. The summed E-state index contributed by atoms with van der Waals surface area (Å²) in [5.74, 6) is -0.665. The lowest BCUT2D eigenvalue weighted by Gasteiger charge is -2.49. The van der Waals surface area contributed by atoms with E-state index in [0.717, 1.165) is 19.3 Å². The van der Waals surface area contributed by atoms with E-state index in [1.165, 1.54) is 11.1 Å². The Hall–Kier alpha value is -2.27. The Morgan fingerprint density at radius 1 is 1.12 bits per heavy atom. The van der Waals surface area contributed by atoms with E-state index in [1.807, 2.05) is 19.9 Å². The number of benzene rings is 1. The lowest BCUT2D eigenvalue weighted by atomic mass is 9.64. The van der Waals surface area contributed by atoms with Crippen LogP contribution in [0, 0.1) is 22.7 Å². The molecule has 2 bridgehead atoms. The fraction of sp³-hybridized carbons (Fsp3) is 0.697. The van der Waals surface area contributed by atoms with Crippen molar-refractivity contribution in [3.8, 4) is 0 Å². The summed E-state index contributed by atoms with van der Waals surface area (Å²) >= 11 is 0. The predicted molar refractivity (Wildman–Crippen MR) is 166 cm³/mol. The molecule has 43 heavy (non-hydrogen) atoms. The molecular weight excluding hydrogens is 564 g/mol. The fourth-order valence-corrected chi connectivity index (χ4v) is 11.8. The first-order chi connectivity index (χ1) is 20.2. The summed E-state index contributed by atoms with van der Waals surface area (Å²) in [6.07, 6.45) is 8.27. The summed E-state index contributed by atoms with van der Waals surface area (Å²) in [5.41, 5.74) is 5.62. The van der Waals surface area contributed by atoms with Gasteiger partial charge in [-0.3, -0.25) is 9.59 Å². The van der Waals surface area contributed by atoms with Gasteiger partial charge in [0.1, 0.15) is 6.04 Å². The summed E-state index contributed by atoms with van der Waals surface area (Å²) in [7, 11) is -3.70. The van der Waals surface area contributed by atoms with Crippen LogP contribution in [0.15, 0.2) is 30.3 Å². The smallest absolute Gasteiger partial charge is 0.243 e. The Balaban J connectivity index is 1.19. The SMILES string of the molecule is CC(C)C(C(=O)NCC1(O)CC2CCC1(CS(=O)(=O)N1CCC3(C=Cc4ccccc43)CC1)C2(C)C)N1CCC(N)C1=O. The maximum atomic E-state index is 14.2. The molecule has 1 spiro atoms. The van der Waals surface area contributed by atoms with Crippen molar-refractivity contribution in [2.45, 2.75) is 89.3 Å². The Kier molecular flexibility index (Phi) is 7.43. The zero-order valence-corrected chi connectivity index (χ0v) is 26.8. The van der Waals surface area contributed by atoms with Crippen molar-refractivity contribution in [3.63, 3.8) is 0 Å². The molecule has 0 radical (unpaired) electrons. The van der Waals surface area contributed by atoms with Crippen LogP contribution in [0.1, 0.15) is 77.3 Å². The molecule has 10 heteroatoms. The molecule has 4 fully saturated rings. The standard InChI is InChI=1S/C33H48N4O5S/c1-22(2)27(37-16-11-26(34)29(37)39)28(38)35-20-33(40)19-24-10-13-32(33,30(24,3)4)21-43(41,42)36-17-14-31(15-18-36)12-9-23-7-5-6-8-25(23)31/h5-9,12,22,24,26-27,40H,10-11,13-21,34H2,1-4H3,(H,35,38). The first-order valence-electron chi connectivity index (χ1n) is 16.0. The third-order valence-electron chi connectivity index (χ3n) is 12.2. The molecule has 1 aromatic rings. The molecule has 1 aromatic carbocycles. The number of carbonyl (C=O) groups excluding carboxylic acids is 2. The van der Waals surface area contributed by atoms with E-state index < -0.39 is 38.5 Å². The van der Waals surface area contributed by atoms with Gasteiger partial charge in [0.25, 0.3) is 0 Å². The predicted octanol–water partition coefficient (Wildman–Crippen LogP) is 2.63. The number of piperidine rings is 1. The molecule has 2 amide bonds. The number of carbonyl (C=O) groups is 2. The van der Waals surface area contributed by atoms with Gasteiger partial charge in [-0.05, 0) is 66.9 Å². The van der Waals surface area contributed by atoms with Crippen molar-refractivity contribution < 1.29 is 23.1 Å². The van der Waals surface area contributed by atoms with Crippen LogP contribution in [0.25, 0.3) is 6.08 Å². The summed E-state index contributed by atoms with van der Waals surface area (Å²) in [5, 5.41) is 15.3. The van der Waals surface area contributed by atoms with E-state index >= 15 is 0 Å².